The Bertz CT molecular complexity index is 928. The Labute approximate surface area is 215 Å². The van der Waals surface area contributed by atoms with E-state index in [1.807, 2.05) is 6.92 Å². The zero-order chi connectivity index (χ0) is 26.7. The molecule has 0 radical (unpaired) electrons. The van der Waals surface area contributed by atoms with Crippen molar-refractivity contribution in [2.45, 2.75) is 96.4 Å². The average Bonchev–Trinajstić information content (AvgIpc) is 2.84. The number of carbonyl (C=O) groups excluding carboxylic acids is 3. The summed E-state index contributed by atoms with van der Waals surface area (Å²) < 4.78 is 5.27. The smallest absolute Gasteiger partial charge is 0.408 e. The first kappa shape index (κ1) is 29.2. The van der Waals surface area contributed by atoms with Gasteiger partial charge in [0.1, 0.15) is 17.7 Å². The van der Waals surface area contributed by atoms with Crippen LogP contribution < -0.4 is 10.6 Å². The van der Waals surface area contributed by atoms with Crippen LogP contribution in [0.3, 0.4) is 0 Å². The first-order valence-electron chi connectivity index (χ1n) is 12.9. The maximum atomic E-state index is 13.8. The molecule has 2 unspecified atom stereocenters. The van der Waals surface area contributed by atoms with Gasteiger partial charge in [0.05, 0.1) is 6.61 Å². The Morgan fingerprint density at radius 3 is 2.44 bits per heavy atom. The highest BCUT2D eigenvalue weighted by molar-refractivity contribution is 5.92. The Balaban J connectivity index is 2.44. The van der Waals surface area contributed by atoms with Crippen molar-refractivity contribution in [2.75, 3.05) is 13.2 Å². The fraction of sp³-hybridized carbons (Fsp3) is 0.607. The monoisotopic (exact) mass is 499 g/mol. The van der Waals surface area contributed by atoms with E-state index in [-0.39, 0.29) is 18.5 Å². The van der Waals surface area contributed by atoms with Gasteiger partial charge in [-0.15, -0.1) is 6.42 Å². The number of rotatable bonds is 10. The lowest BCUT2D eigenvalue weighted by atomic mass is 9.93. The minimum absolute atomic E-state index is 0.0309. The molecule has 0 bridgehead atoms. The number of alkyl carbamates (subject to hydrolysis) is 1. The van der Waals surface area contributed by atoms with Crippen molar-refractivity contribution in [1.82, 2.24) is 15.5 Å². The fourth-order valence-corrected chi connectivity index (χ4v) is 4.38. The van der Waals surface area contributed by atoms with Crippen molar-refractivity contribution in [3.63, 3.8) is 0 Å². The number of benzene rings is 1. The van der Waals surface area contributed by atoms with E-state index >= 15 is 0 Å². The second kappa shape index (κ2) is 13.9. The second-order valence-corrected chi connectivity index (χ2v) is 10.2. The van der Waals surface area contributed by atoms with E-state index in [0.717, 1.165) is 38.5 Å². The highest BCUT2D eigenvalue weighted by atomic mass is 16.6. The van der Waals surface area contributed by atoms with E-state index in [2.05, 4.69) is 16.6 Å². The number of ether oxygens (including phenoxy) is 1. The summed E-state index contributed by atoms with van der Waals surface area (Å²) >= 11 is 0. The van der Waals surface area contributed by atoms with Crippen LogP contribution in [-0.4, -0.2) is 58.8 Å². The van der Waals surface area contributed by atoms with E-state index < -0.39 is 36.3 Å². The maximum Gasteiger partial charge on any atom is 0.408 e. The number of amides is 3. The molecular formula is C28H41N3O5. The molecule has 0 aliphatic heterocycles. The van der Waals surface area contributed by atoms with E-state index in [4.69, 9.17) is 11.2 Å². The molecule has 36 heavy (non-hydrogen) atoms. The molecule has 1 fully saturated rings. The summed E-state index contributed by atoms with van der Waals surface area (Å²) in [5.74, 6) is 1.74. The molecule has 1 aromatic rings. The van der Waals surface area contributed by atoms with E-state index in [1.165, 1.54) is 4.90 Å². The summed E-state index contributed by atoms with van der Waals surface area (Å²) in [6.45, 7) is 6.71. The third-order valence-corrected chi connectivity index (χ3v) is 6.13. The van der Waals surface area contributed by atoms with Gasteiger partial charge in [-0.2, -0.15) is 0 Å². The Morgan fingerprint density at radius 2 is 1.86 bits per heavy atom. The molecule has 0 saturated heterocycles. The number of hydrogen-bond donors (Lipinski definition) is 3. The molecule has 3 N–H and O–H groups in total. The molecule has 2 atom stereocenters. The summed E-state index contributed by atoms with van der Waals surface area (Å²) in [5.41, 5.74) is 0.270. The molecule has 198 valence electrons. The lowest BCUT2D eigenvalue weighted by Crippen LogP contribution is -2.55. The Morgan fingerprint density at radius 1 is 1.19 bits per heavy atom. The van der Waals surface area contributed by atoms with Gasteiger partial charge in [-0.1, -0.05) is 56.7 Å². The van der Waals surface area contributed by atoms with Gasteiger partial charge in [-0.25, -0.2) is 4.79 Å². The van der Waals surface area contributed by atoms with Gasteiger partial charge >= 0.3 is 6.09 Å². The predicted octanol–water partition coefficient (Wildman–Crippen LogP) is 3.67. The first-order valence-corrected chi connectivity index (χ1v) is 12.9. The normalized spacial score (nSPS) is 15.8. The number of carbonyl (C=O) groups is 3. The third kappa shape index (κ3) is 8.56. The highest BCUT2D eigenvalue weighted by Crippen LogP contribution is 2.27. The summed E-state index contributed by atoms with van der Waals surface area (Å²) in [6.07, 6.45) is 11.3. The SMILES string of the molecule is C#Cc1ccccc1C(C(=O)NC1CCCCC1)N(CCCC)C(=O)C(CO)NC(=O)OC(C)(C)C. The van der Waals surface area contributed by atoms with E-state index in [1.54, 1.807) is 45.0 Å². The molecule has 1 saturated carbocycles. The van der Waals surface area contributed by atoms with Crippen molar-refractivity contribution in [3.05, 3.63) is 35.4 Å². The van der Waals surface area contributed by atoms with Crippen molar-refractivity contribution >= 4 is 17.9 Å². The Hall–Kier alpha value is -3.05. The van der Waals surface area contributed by atoms with Gasteiger partial charge in [-0.05, 0) is 51.7 Å². The molecule has 0 spiro atoms. The first-order chi connectivity index (χ1) is 17.1. The standard InChI is InChI=1S/C28H41N3O5/c1-6-8-18-31(26(34)23(19-32)30-27(35)36-28(3,4)5)24(22-17-13-12-14-20(22)7-2)25(33)29-21-15-10-9-11-16-21/h2,12-14,17,21,23-24,32H,6,8-11,15-16,18-19H2,1,3-5H3,(H,29,33)(H,30,35). The molecule has 2 rings (SSSR count). The number of nitrogens with zero attached hydrogens (tertiary/aromatic N) is 1. The van der Waals surface area contributed by atoms with Gasteiger partial charge in [0, 0.05) is 18.2 Å². The fourth-order valence-electron chi connectivity index (χ4n) is 4.38. The number of nitrogens with one attached hydrogen (secondary N) is 2. The lowest BCUT2D eigenvalue weighted by molar-refractivity contribution is -0.143. The summed E-state index contributed by atoms with van der Waals surface area (Å²) in [6, 6.07) is 4.80. The minimum atomic E-state index is -1.28. The van der Waals surface area contributed by atoms with Crippen molar-refractivity contribution in [1.29, 1.82) is 0 Å². The molecule has 1 aliphatic rings. The molecule has 8 heteroatoms. The molecule has 0 heterocycles. The zero-order valence-electron chi connectivity index (χ0n) is 22.0. The largest absolute Gasteiger partial charge is 0.444 e. The van der Waals surface area contributed by atoms with Crippen LogP contribution in [0.5, 0.6) is 0 Å². The zero-order valence-corrected chi connectivity index (χ0v) is 22.0. The molecule has 1 aliphatic carbocycles. The number of hydrogen-bond acceptors (Lipinski definition) is 5. The topological polar surface area (TPSA) is 108 Å². The van der Waals surface area contributed by atoms with E-state index in [9.17, 15) is 19.5 Å². The van der Waals surface area contributed by atoms with Crippen LogP contribution in [-0.2, 0) is 14.3 Å². The number of unbranched alkanes of at least 4 members (excludes halogenated alkanes) is 1. The van der Waals surface area contributed by atoms with Crippen LogP contribution >= 0.6 is 0 Å². The number of aliphatic hydroxyl groups excluding tert-OH is 1. The maximum absolute atomic E-state index is 13.8. The molecular weight excluding hydrogens is 458 g/mol. The third-order valence-electron chi connectivity index (χ3n) is 6.13. The van der Waals surface area contributed by atoms with Crippen LogP contribution in [0.1, 0.15) is 89.8 Å². The van der Waals surface area contributed by atoms with Crippen LogP contribution in [0, 0.1) is 12.3 Å². The summed E-state index contributed by atoms with van der Waals surface area (Å²) in [7, 11) is 0. The van der Waals surface area contributed by atoms with Crippen molar-refractivity contribution < 1.29 is 24.2 Å². The van der Waals surface area contributed by atoms with E-state index in [0.29, 0.717) is 17.5 Å². The molecule has 0 aromatic heterocycles. The summed E-state index contributed by atoms with van der Waals surface area (Å²) in [4.78, 5) is 41.3. The van der Waals surface area contributed by atoms with Crippen molar-refractivity contribution in [2.24, 2.45) is 0 Å². The van der Waals surface area contributed by atoms with Gasteiger partial charge in [0.2, 0.25) is 11.8 Å². The van der Waals surface area contributed by atoms with Gasteiger partial charge in [0.25, 0.3) is 0 Å². The summed E-state index contributed by atoms with van der Waals surface area (Å²) in [5, 5.41) is 15.6. The van der Waals surface area contributed by atoms with Gasteiger partial charge in [-0.3, -0.25) is 9.59 Å². The van der Waals surface area contributed by atoms with Gasteiger partial charge in [0.15, 0.2) is 0 Å². The quantitative estimate of drug-likeness (QED) is 0.426. The van der Waals surface area contributed by atoms with Crippen LogP contribution in [0.2, 0.25) is 0 Å². The molecule has 8 nitrogen and oxygen atoms in total. The minimum Gasteiger partial charge on any atom is -0.444 e. The predicted molar refractivity (Wildman–Crippen MR) is 139 cm³/mol. The number of terminal acetylenes is 1. The average molecular weight is 500 g/mol. The van der Waals surface area contributed by atoms with Crippen LogP contribution in [0.4, 0.5) is 4.79 Å². The van der Waals surface area contributed by atoms with Crippen LogP contribution in [0.25, 0.3) is 0 Å². The molecule has 1 aromatic carbocycles. The number of aliphatic hydroxyl groups is 1. The Kier molecular flexibility index (Phi) is 11.3. The second-order valence-electron chi connectivity index (χ2n) is 10.2. The van der Waals surface area contributed by atoms with Gasteiger partial charge < -0.3 is 25.4 Å². The van der Waals surface area contributed by atoms with Crippen molar-refractivity contribution in [3.8, 4) is 12.3 Å². The lowest BCUT2D eigenvalue weighted by Gasteiger charge is -2.35. The molecule has 3 amide bonds. The highest BCUT2D eigenvalue weighted by Gasteiger charge is 2.37. The van der Waals surface area contributed by atoms with Crippen LogP contribution in [0.15, 0.2) is 24.3 Å².